The number of rotatable bonds is 1. The van der Waals surface area contributed by atoms with Gasteiger partial charge in [-0.1, -0.05) is 0 Å². The van der Waals surface area contributed by atoms with E-state index in [9.17, 15) is 9.59 Å². The van der Waals surface area contributed by atoms with Gasteiger partial charge in [0.2, 0.25) is 0 Å². The maximum Gasteiger partial charge on any atom is 0.410 e. The van der Waals surface area contributed by atoms with Crippen molar-refractivity contribution in [3.05, 3.63) is 52.5 Å². The van der Waals surface area contributed by atoms with E-state index in [-0.39, 0.29) is 18.2 Å². The average molecular weight is 664 g/mol. The molecule has 0 unspecified atom stereocenters. The number of ether oxygens (including phenoxy) is 2. The van der Waals surface area contributed by atoms with E-state index in [1.54, 1.807) is 16.0 Å². The zero-order chi connectivity index (χ0) is 32.4. The lowest BCUT2D eigenvalue weighted by Crippen LogP contribution is -2.54. The van der Waals surface area contributed by atoms with Gasteiger partial charge in [0.05, 0.1) is 11.9 Å². The number of nitrogens with zero attached hydrogens (tertiary/aromatic N) is 5. The van der Waals surface area contributed by atoms with Crippen molar-refractivity contribution in [2.75, 3.05) is 44.2 Å². The van der Waals surface area contributed by atoms with Crippen LogP contribution in [-0.2, 0) is 9.47 Å². The smallest absolute Gasteiger partial charge is 0.410 e. The first-order chi connectivity index (χ1) is 19.9. The minimum Gasteiger partial charge on any atom is -0.444 e. The number of amides is 2. The molecule has 11 heteroatoms. The number of carbonyl (C=O) groups excluding carboxylic acids is 2. The molecular formula is C32H51BrN6O4. The molecule has 1 N–H and O–H groups in total. The molecular weight excluding hydrogens is 612 g/mol. The highest BCUT2D eigenvalue weighted by molar-refractivity contribution is 9.10. The maximum atomic E-state index is 12.1. The van der Waals surface area contributed by atoms with Gasteiger partial charge >= 0.3 is 12.2 Å². The van der Waals surface area contributed by atoms with Crippen LogP contribution < -0.4 is 10.2 Å². The Labute approximate surface area is 266 Å². The normalized spacial score (nSPS) is 18.9. The van der Waals surface area contributed by atoms with E-state index in [1.165, 1.54) is 5.56 Å². The summed E-state index contributed by atoms with van der Waals surface area (Å²) in [4.78, 5) is 37.8. The van der Waals surface area contributed by atoms with E-state index >= 15 is 0 Å². The number of carbonyl (C=O) groups is 2. The zero-order valence-corrected chi connectivity index (χ0v) is 29.2. The van der Waals surface area contributed by atoms with E-state index in [0.717, 1.165) is 41.9 Å². The van der Waals surface area contributed by atoms with Crippen molar-refractivity contribution in [1.82, 2.24) is 25.1 Å². The summed E-state index contributed by atoms with van der Waals surface area (Å²) in [7, 11) is 0. The van der Waals surface area contributed by atoms with Gasteiger partial charge in [0.25, 0.3) is 0 Å². The first-order valence-corrected chi connectivity index (χ1v) is 15.7. The molecule has 0 radical (unpaired) electrons. The van der Waals surface area contributed by atoms with Crippen LogP contribution in [0.5, 0.6) is 0 Å². The van der Waals surface area contributed by atoms with Crippen LogP contribution in [0.15, 0.2) is 41.4 Å². The summed E-state index contributed by atoms with van der Waals surface area (Å²) >= 11 is 3.30. The largest absolute Gasteiger partial charge is 0.444 e. The van der Waals surface area contributed by atoms with Crippen LogP contribution in [-0.4, -0.2) is 94.5 Å². The number of pyridine rings is 2. The number of aryl methyl sites for hydroxylation is 2. The van der Waals surface area contributed by atoms with Crippen molar-refractivity contribution in [3.8, 4) is 0 Å². The second-order valence-electron chi connectivity index (χ2n) is 13.2. The summed E-state index contributed by atoms with van der Waals surface area (Å²) in [5.41, 5.74) is 2.60. The van der Waals surface area contributed by atoms with Crippen LogP contribution in [0.25, 0.3) is 0 Å². The molecule has 2 saturated heterocycles. The quantitative estimate of drug-likeness (QED) is 0.385. The lowest BCUT2D eigenvalue weighted by Gasteiger charge is -2.41. The standard InChI is InChI=1S/C16H25N3O2.C10H20N2O2.C6H6BrN/c1-12-8-14(10-17-9-12)19-7-6-18(11-13(19)2)15(20)21-16(3,4)5;1-8-7-12(6-5-11-8)9(13)14-10(2,3)4;1-5-2-6(7)4-8-3-5/h8-10,13H,6-7,11H2,1-5H3;8,11H,5-7H2,1-4H3;2-4H,1H3/t13-;8-;/m00./s1. The zero-order valence-electron chi connectivity index (χ0n) is 27.6. The monoisotopic (exact) mass is 662 g/mol. The predicted octanol–water partition coefficient (Wildman–Crippen LogP) is 6.20. The average Bonchev–Trinajstić information content (AvgIpc) is 2.87. The van der Waals surface area contributed by atoms with Crippen LogP contribution in [0, 0.1) is 13.8 Å². The third-order valence-electron chi connectivity index (χ3n) is 6.33. The van der Waals surface area contributed by atoms with Crippen LogP contribution in [0.4, 0.5) is 15.3 Å². The van der Waals surface area contributed by atoms with Crippen LogP contribution in [0.1, 0.15) is 66.5 Å². The Morgan fingerprint density at radius 2 is 1.35 bits per heavy atom. The molecule has 43 heavy (non-hydrogen) atoms. The first-order valence-electron chi connectivity index (χ1n) is 14.9. The Morgan fingerprint density at radius 3 is 1.79 bits per heavy atom. The maximum absolute atomic E-state index is 12.1. The van der Waals surface area contributed by atoms with E-state index in [1.807, 2.05) is 80.0 Å². The topological polar surface area (TPSA) is 100 Å². The summed E-state index contributed by atoms with van der Waals surface area (Å²) in [6.45, 7) is 24.0. The number of hydrogen-bond acceptors (Lipinski definition) is 8. The van der Waals surface area contributed by atoms with Gasteiger partial charge in [0, 0.05) is 74.4 Å². The van der Waals surface area contributed by atoms with Crippen LogP contribution in [0.3, 0.4) is 0 Å². The minimum atomic E-state index is -0.447. The molecule has 2 aromatic rings. The number of hydrogen-bond donors (Lipinski definition) is 1. The van der Waals surface area contributed by atoms with Gasteiger partial charge in [-0.2, -0.15) is 0 Å². The molecule has 0 bridgehead atoms. The highest BCUT2D eigenvalue weighted by atomic mass is 79.9. The number of aromatic nitrogens is 2. The molecule has 4 rings (SSSR count). The summed E-state index contributed by atoms with van der Waals surface area (Å²) < 4.78 is 11.8. The van der Waals surface area contributed by atoms with Gasteiger partial charge in [-0.15, -0.1) is 0 Å². The summed E-state index contributed by atoms with van der Waals surface area (Å²) in [5.74, 6) is 0. The SMILES string of the molecule is C[C@H]1CN(C(=O)OC(C)(C)C)CCN1.Cc1cncc(Br)c1.Cc1cncc(N2CCN(C(=O)OC(C)(C)C)C[C@@H]2C)c1. The Bertz CT molecular complexity index is 1170. The Balaban J connectivity index is 0.000000251. The van der Waals surface area contributed by atoms with Crippen molar-refractivity contribution in [2.24, 2.45) is 0 Å². The molecule has 2 aromatic heterocycles. The Kier molecular flexibility index (Phi) is 13.7. The molecule has 10 nitrogen and oxygen atoms in total. The number of nitrogens with one attached hydrogen (secondary N) is 1. The van der Waals surface area contributed by atoms with Gasteiger partial charge in [0.1, 0.15) is 11.2 Å². The summed E-state index contributed by atoms with van der Waals surface area (Å²) in [5, 5.41) is 3.28. The molecule has 0 spiro atoms. The fourth-order valence-electron chi connectivity index (χ4n) is 4.47. The number of anilines is 1. The fraction of sp³-hybridized carbons (Fsp3) is 0.625. The van der Waals surface area contributed by atoms with Gasteiger partial charge in [-0.3, -0.25) is 9.97 Å². The second kappa shape index (κ2) is 16.2. The van der Waals surface area contributed by atoms with Crippen molar-refractivity contribution >= 4 is 33.8 Å². The van der Waals surface area contributed by atoms with E-state index in [2.05, 4.69) is 56.0 Å². The highest BCUT2D eigenvalue weighted by Crippen LogP contribution is 2.22. The third-order valence-corrected chi connectivity index (χ3v) is 6.77. The fourth-order valence-corrected chi connectivity index (χ4v) is 4.95. The minimum absolute atomic E-state index is 0.203. The van der Waals surface area contributed by atoms with E-state index < -0.39 is 11.2 Å². The molecule has 0 aliphatic carbocycles. The first kappa shape index (κ1) is 36.3. The van der Waals surface area contributed by atoms with Gasteiger partial charge in [0.15, 0.2) is 0 Å². The molecule has 0 saturated carbocycles. The lowest BCUT2D eigenvalue weighted by molar-refractivity contribution is 0.0197. The Hall–Kier alpha value is -2.92. The molecule has 2 amide bonds. The molecule has 4 heterocycles. The third kappa shape index (κ3) is 13.9. The van der Waals surface area contributed by atoms with Crippen LogP contribution >= 0.6 is 15.9 Å². The summed E-state index contributed by atoms with van der Waals surface area (Å²) in [6.07, 6.45) is 6.90. The van der Waals surface area contributed by atoms with Crippen molar-refractivity contribution in [1.29, 1.82) is 0 Å². The van der Waals surface area contributed by atoms with Crippen LogP contribution in [0.2, 0.25) is 0 Å². The summed E-state index contributed by atoms with van der Waals surface area (Å²) in [6, 6.07) is 4.76. The molecule has 0 aromatic carbocycles. The molecule has 240 valence electrons. The van der Waals surface area contributed by atoms with Gasteiger partial charge in [-0.05, 0) is 108 Å². The molecule has 2 aliphatic rings. The van der Waals surface area contributed by atoms with Gasteiger partial charge < -0.3 is 29.5 Å². The van der Waals surface area contributed by atoms with Gasteiger partial charge in [-0.25, -0.2) is 9.59 Å². The van der Waals surface area contributed by atoms with E-state index in [4.69, 9.17) is 9.47 Å². The highest BCUT2D eigenvalue weighted by Gasteiger charge is 2.30. The van der Waals surface area contributed by atoms with Crippen molar-refractivity contribution in [2.45, 2.75) is 92.5 Å². The predicted molar refractivity (Wildman–Crippen MR) is 176 cm³/mol. The second-order valence-corrected chi connectivity index (χ2v) is 14.1. The molecule has 2 atom stereocenters. The Morgan fingerprint density at radius 1 is 0.814 bits per heavy atom. The molecule has 2 fully saturated rings. The van der Waals surface area contributed by atoms with Crippen molar-refractivity contribution in [3.63, 3.8) is 0 Å². The lowest BCUT2D eigenvalue weighted by atomic mass is 10.1. The van der Waals surface area contributed by atoms with Crippen molar-refractivity contribution < 1.29 is 19.1 Å². The molecule has 2 aliphatic heterocycles. The number of piperazine rings is 2. The number of halogens is 1. The van der Waals surface area contributed by atoms with E-state index in [0.29, 0.717) is 19.1 Å².